The molecule has 154 valence electrons. The third-order valence-electron chi connectivity index (χ3n) is 5.72. The molecule has 2 aliphatic rings. The summed E-state index contributed by atoms with van der Waals surface area (Å²) in [5.41, 5.74) is 1.67. The summed E-state index contributed by atoms with van der Waals surface area (Å²) in [7, 11) is 0. The molecule has 10 heteroatoms. The maximum absolute atomic E-state index is 12.7. The Morgan fingerprint density at radius 2 is 2.07 bits per heavy atom. The Morgan fingerprint density at radius 3 is 2.83 bits per heavy atom. The van der Waals surface area contributed by atoms with Crippen molar-refractivity contribution >= 4 is 23.4 Å². The zero-order valence-electron chi connectivity index (χ0n) is 16.4. The molecule has 3 aromatic heterocycles. The van der Waals surface area contributed by atoms with Gasteiger partial charge in [-0.25, -0.2) is 15.0 Å². The molecule has 1 aliphatic carbocycles. The number of hydrogen-bond acceptors (Lipinski definition) is 8. The normalized spacial score (nSPS) is 17.8. The molecule has 3 N–H and O–H groups in total. The SMILES string of the molecule is Cc1cc(=Nc2cc(Nc3ccon3)ncn2)n(O)c2c1C(=O)NC21CCCCC1. The minimum Gasteiger partial charge on any atom is -0.427 e. The van der Waals surface area contributed by atoms with Crippen LogP contribution in [0.25, 0.3) is 0 Å². The lowest BCUT2D eigenvalue weighted by atomic mass is 9.79. The van der Waals surface area contributed by atoms with E-state index in [4.69, 9.17) is 4.52 Å². The molecule has 1 spiro atoms. The van der Waals surface area contributed by atoms with Crippen molar-refractivity contribution in [2.75, 3.05) is 5.32 Å². The average molecular weight is 407 g/mol. The number of rotatable bonds is 3. The Morgan fingerprint density at radius 1 is 1.23 bits per heavy atom. The van der Waals surface area contributed by atoms with Gasteiger partial charge in [-0.05, 0) is 31.4 Å². The molecule has 0 atom stereocenters. The van der Waals surface area contributed by atoms with Gasteiger partial charge in [0.05, 0.1) is 16.8 Å². The van der Waals surface area contributed by atoms with Crippen LogP contribution in [0.15, 0.2) is 40.3 Å². The second kappa shape index (κ2) is 6.97. The lowest BCUT2D eigenvalue weighted by Crippen LogP contribution is -2.43. The first-order valence-corrected chi connectivity index (χ1v) is 9.89. The Balaban J connectivity index is 1.59. The highest BCUT2D eigenvalue weighted by Gasteiger charge is 2.47. The van der Waals surface area contributed by atoms with Crippen LogP contribution in [0.4, 0.5) is 17.5 Å². The summed E-state index contributed by atoms with van der Waals surface area (Å²) >= 11 is 0. The molecule has 0 unspecified atom stereocenters. The number of nitrogens with one attached hydrogen (secondary N) is 2. The Labute approximate surface area is 171 Å². The molecular weight excluding hydrogens is 386 g/mol. The number of hydrogen-bond donors (Lipinski definition) is 3. The van der Waals surface area contributed by atoms with Crippen LogP contribution in [-0.4, -0.2) is 31.0 Å². The molecule has 1 saturated carbocycles. The molecule has 0 saturated heterocycles. The van der Waals surface area contributed by atoms with E-state index >= 15 is 0 Å². The quantitative estimate of drug-likeness (QED) is 0.569. The first-order valence-electron chi connectivity index (χ1n) is 9.89. The number of aryl methyl sites for hydroxylation is 1. The van der Waals surface area contributed by atoms with Crippen molar-refractivity contribution in [3.05, 3.63) is 53.1 Å². The number of carbonyl (C=O) groups excluding carboxylic acids is 1. The molecule has 30 heavy (non-hydrogen) atoms. The average Bonchev–Trinajstić information content (AvgIpc) is 3.33. The minimum absolute atomic E-state index is 0.139. The number of pyridine rings is 1. The number of anilines is 2. The van der Waals surface area contributed by atoms with Crippen molar-refractivity contribution in [1.29, 1.82) is 0 Å². The molecule has 1 fully saturated rings. The van der Waals surface area contributed by atoms with E-state index in [2.05, 4.69) is 30.8 Å². The summed E-state index contributed by atoms with van der Waals surface area (Å²) in [5.74, 6) is 1.21. The molecule has 0 radical (unpaired) electrons. The first kappa shape index (κ1) is 18.3. The van der Waals surface area contributed by atoms with Gasteiger partial charge in [-0.3, -0.25) is 4.79 Å². The van der Waals surface area contributed by atoms with E-state index in [1.54, 1.807) is 18.2 Å². The van der Waals surface area contributed by atoms with E-state index in [9.17, 15) is 10.0 Å². The van der Waals surface area contributed by atoms with Gasteiger partial charge in [-0.1, -0.05) is 24.4 Å². The number of fused-ring (bicyclic) bond motifs is 2. The molecule has 1 aliphatic heterocycles. The highest BCUT2D eigenvalue weighted by atomic mass is 16.5. The van der Waals surface area contributed by atoms with E-state index in [-0.39, 0.29) is 5.91 Å². The van der Waals surface area contributed by atoms with Crippen molar-refractivity contribution in [3.63, 3.8) is 0 Å². The third-order valence-corrected chi connectivity index (χ3v) is 5.72. The maximum Gasteiger partial charge on any atom is 0.254 e. The van der Waals surface area contributed by atoms with E-state index < -0.39 is 5.54 Å². The predicted octanol–water partition coefficient (Wildman–Crippen LogP) is 2.69. The van der Waals surface area contributed by atoms with Gasteiger partial charge < -0.3 is 20.4 Å². The largest absolute Gasteiger partial charge is 0.427 e. The van der Waals surface area contributed by atoms with Gasteiger partial charge in [0, 0.05) is 12.1 Å². The van der Waals surface area contributed by atoms with Crippen LogP contribution >= 0.6 is 0 Å². The summed E-state index contributed by atoms with van der Waals surface area (Å²) < 4.78 is 5.84. The highest BCUT2D eigenvalue weighted by Crippen LogP contribution is 2.42. The van der Waals surface area contributed by atoms with Crippen LogP contribution in [0, 0.1) is 6.92 Å². The fourth-order valence-electron chi connectivity index (χ4n) is 4.40. The maximum atomic E-state index is 12.7. The standard InChI is InChI=1S/C20H21N7O3/c1-12-9-16(24-15-10-14(21-11-22-15)23-13-5-8-30-26-13)27(29)18-17(12)19(28)25-20(18)6-3-2-4-7-20/h5,8-11,29H,2-4,6-7H2,1H3,(H,25,28)(H,21,22,23,26). The zero-order chi connectivity index (χ0) is 20.7. The first-order chi connectivity index (χ1) is 14.6. The summed E-state index contributed by atoms with van der Waals surface area (Å²) in [5, 5.41) is 21.0. The molecule has 3 aromatic rings. The van der Waals surface area contributed by atoms with Crippen LogP contribution in [0.5, 0.6) is 0 Å². The molecule has 5 rings (SSSR count). The molecule has 0 aromatic carbocycles. The number of carbonyl (C=O) groups is 1. The van der Waals surface area contributed by atoms with Crippen LogP contribution < -0.4 is 16.1 Å². The van der Waals surface area contributed by atoms with E-state index in [0.717, 1.165) is 42.4 Å². The van der Waals surface area contributed by atoms with Crippen LogP contribution in [0.1, 0.15) is 53.7 Å². The second-order valence-electron chi connectivity index (χ2n) is 7.70. The fraction of sp³-hybridized carbons (Fsp3) is 0.350. The van der Waals surface area contributed by atoms with Crippen molar-refractivity contribution in [3.8, 4) is 0 Å². The van der Waals surface area contributed by atoms with Crippen molar-refractivity contribution in [1.82, 2.24) is 25.2 Å². The van der Waals surface area contributed by atoms with Crippen molar-refractivity contribution in [2.45, 2.75) is 44.6 Å². The number of nitrogens with zero attached hydrogens (tertiary/aromatic N) is 5. The van der Waals surface area contributed by atoms with Crippen molar-refractivity contribution < 1.29 is 14.5 Å². The summed E-state index contributed by atoms with van der Waals surface area (Å²) in [6, 6.07) is 4.99. The molecule has 10 nitrogen and oxygen atoms in total. The topological polar surface area (TPSA) is 130 Å². The van der Waals surface area contributed by atoms with Gasteiger partial charge >= 0.3 is 0 Å². The smallest absolute Gasteiger partial charge is 0.254 e. The molecule has 1 amide bonds. The second-order valence-corrected chi connectivity index (χ2v) is 7.70. The van der Waals surface area contributed by atoms with Crippen LogP contribution in [-0.2, 0) is 5.54 Å². The molecular formula is C20H21N7O3. The van der Waals surface area contributed by atoms with Gasteiger partial charge in [-0.15, -0.1) is 0 Å². The van der Waals surface area contributed by atoms with Gasteiger partial charge in [0.2, 0.25) is 0 Å². The zero-order valence-corrected chi connectivity index (χ0v) is 16.4. The molecule has 4 heterocycles. The Kier molecular flexibility index (Phi) is 4.27. The van der Waals surface area contributed by atoms with Gasteiger partial charge in [-0.2, -0.15) is 4.73 Å². The Bertz CT molecular complexity index is 1180. The fourth-order valence-corrected chi connectivity index (χ4v) is 4.40. The summed E-state index contributed by atoms with van der Waals surface area (Å²) in [6.07, 6.45) is 7.56. The Hall–Kier alpha value is -3.69. The highest BCUT2D eigenvalue weighted by molar-refractivity contribution is 6.00. The van der Waals surface area contributed by atoms with Gasteiger partial charge in [0.25, 0.3) is 5.91 Å². The van der Waals surface area contributed by atoms with Gasteiger partial charge in [0.15, 0.2) is 17.1 Å². The van der Waals surface area contributed by atoms with E-state index in [0.29, 0.717) is 34.2 Å². The predicted molar refractivity (Wildman–Crippen MR) is 106 cm³/mol. The number of amides is 1. The van der Waals surface area contributed by atoms with Crippen LogP contribution in [0.2, 0.25) is 0 Å². The van der Waals surface area contributed by atoms with Crippen molar-refractivity contribution in [2.24, 2.45) is 4.99 Å². The summed E-state index contributed by atoms with van der Waals surface area (Å²) in [6.45, 7) is 1.86. The number of aromatic nitrogens is 4. The van der Waals surface area contributed by atoms with E-state index in [1.807, 2.05) is 6.92 Å². The third kappa shape index (κ3) is 3.00. The lowest BCUT2D eigenvalue weighted by Gasteiger charge is -2.34. The van der Waals surface area contributed by atoms with E-state index in [1.165, 1.54) is 12.6 Å². The van der Waals surface area contributed by atoms with Crippen LogP contribution in [0.3, 0.4) is 0 Å². The minimum atomic E-state index is -0.541. The summed E-state index contributed by atoms with van der Waals surface area (Å²) in [4.78, 5) is 25.5. The molecule has 0 bridgehead atoms. The monoisotopic (exact) mass is 407 g/mol. The van der Waals surface area contributed by atoms with Gasteiger partial charge in [0.1, 0.15) is 18.4 Å². The lowest BCUT2D eigenvalue weighted by molar-refractivity contribution is 0.0892.